The Hall–Kier alpha value is -1.61. The van der Waals surface area contributed by atoms with E-state index in [0.29, 0.717) is 17.5 Å². The Morgan fingerprint density at radius 1 is 1.11 bits per heavy atom. The van der Waals surface area contributed by atoms with E-state index in [0.717, 1.165) is 25.9 Å². The van der Waals surface area contributed by atoms with Gasteiger partial charge in [0, 0.05) is 12.1 Å². The molecule has 1 aliphatic heterocycles. The highest BCUT2D eigenvalue weighted by Gasteiger charge is 2.29. The molecule has 1 fully saturated rings. The van der Waals surface area contributed by atoms with Gasteiger partial charge in [-0.2, -0.15) is 15.0 Å². The molecule has 27 heavy (non-hydrogen) atoms. The number of hydrogen-bond acceptors (Lipinski definition) is 8. The van der Waals surface area contributed by atoms with Gasteiger partial charge in [-0.3, -0.25) is 0 Å². The normalized spacial score (nSPS) is 16.2. The second-order valence-corrected chi connectivity index (χ2v) is 8.52. The van der Waals surface area contributed by atoms with Crippen LogP contribution in [-0.2, 0) is 3.79 Å². The zero-order chi connectivity index (χ0) is 19.4. The number of anilines is 3. The minimum atomic E-state index is -1.76. The highest BCUT2D eigenvalue weighted by molar-refractivity contribution is 6.66. The molecule has 0 amide bonds. The summed E-state index contributed by atoms with van der Waals surface area (Å²) in [5.74, 6) is 1.17. The number of nitrogens with one attached hydrogen (secondary N) is 2. The topological polar surface area (TPSA) is 88.1 Å². The second-order valence-electron chi connectivity index (χ2n) is 6.24. The van der Waals surface area contributed by atoms with Crippen LogP contribution in [-0.4, -0.2) is 58.1 Å². The van der Waals surface area contributed by atoms with Gasteiger partial charge in [0.05, 0.1) is 19.0 Å². The van der Waals surface area contributed by atoms with Gasteiger partial charge in [0.1, 0.15) is 0 Å². The van der Waals surface area contributed by atoms with Crippen LogP contribution in [0.3, 0.4) is 0 Å². The Kier molecular flexibility index (Phi) is 6.41. The molecule has 0 aromatic carbocycles. The quantitative estimate of drug-likeness (QED) is 0.695. The lowest BCUT2D eigenvalue weighted by Gasteiger charge is -2.29. The summed E-state index contributed by atoms with van der Waals surface area (Å²) in [6.45, 7) is 2.01. The van der Waals surface area contributed by atoms with Gasteiger partial charge in [-0.05, 0) is 39.0 Å². The van der Waals surface area contributed by atoms with Gasteiger partial charge >= 0.3 is 0 Å². The maximum atomic E-state index is 5.99. The molecule has 0 bridgehead atoms. The molecule has 0 radical (unpaired) electrons. The van der Waals surface area contributed by atoms with E-state index in [-0.39, 0.29) is 17.8 Å². The average Bonchev–Trinajstić information content (AvgIpc) is 2.63. The van der Waals surface area contributed by atoms with Crippen molar-refractivity contribution in [1.29, 1.82) is 0 Å². The monoisotopic (exact) mass is 431 g/mol. The molecule has 146 valence electrons. The zero-order valence-corrected chi connectivity index (χ0v) is 17.2. The summed E-state index contributed by atoms with van der Waals surface area (Å²) >= 11 is 18.0. The van der Waals surface area contributed by atoms with Crippen molar-refractivity contribution in [2.24, 2.45) is 0 Å². The molecule has 3 heterocycles. The molecule has 1 saturated heterocycles. The van der Waals surface area contributed by atoms with Crippen LogP contribution in [0.25, 0.3) is 0 Å². The molecule has 0 spiro atoms. The predicted octanol–water partition coefficient (Wildman–Crippen LogP) is 3.35. The minimum Gasteiger partial charge on any atom is -0.481 e. The number of hydrogen-bond donors (Lipinski definition) is 2. The smallest absolute Gasteiger partial charge is 0.250 e. The van der Waals surface area contributed by atoms with Crippen LogP contribution >= 0.6 is 34.8 Å². The van der Waals surface area contributed by atoms with E-state index in [1.54, 1.807) is 25.4 Å². The van der Waals surface area contributed by atoms with Gasteiger partial charge in [-0.25, -0.2) is 4.98 Å². The van der Waals surface area contributed by atoms with Crippen LogP contribution in [0.15, 0.2) is 18.3 Å². The zero-order valence-electron chi connectivity index (χ0n) is 14.9. The van der Waals surface area contributed by atoms with Crippen molar-refractivity contribution < 1.29 is 4.74 Å². The van der Waals surface area contributed by atoms with E-state index in [2.05, 4.69) is 42.5 Å². The number of methoxy groups -OCH3 is 1. The SMILES string of the molecule is COc1ccc(Nc2nc(NC3CCN(C)CC3)nc(C(Cl)(Cl)Cl)n2)cn1. The highest BCUT2D eigenvalue weighted by Crippen LogP contribution is 2.36. The average molecular weight is 433 g/mol. The van der Waals surface area contributed by atoms with Gasteiger partial charge in [0.2, 0.25) is 21.6 Å². The molecular weight excluding hydrogens is 413 g/mol. The van der Waals surface area contributed by atoms with E-state index < -0.39 is 3.79 Å². The van der Waals surface area contributed by atoms with E-state index in [9.17, 15) is 0 Å². The molecule has 2 aromatic rings. The number of nitrogens with zero attached hydrogens (tertiary/aromatic N) is 5. The molecule has 0 atom stereocenters. The van der Waals surface area contributed by atoms with Gasteiger partial charge in [0.15, 0.2) is 5.82 Å². The number of likely N-dealkylation sites (tertiary alicyclic amines) is 1. The van der Waals surface area contributed by atoms with Crippen molar-refractivity contribution in [1.82, 2.24) is 24.8 Å². The Morgan fingerprint density at radius 2 is 1.81 bits per heavy atom. The number of halogens is 3. The molecular formula is C16H20Cl3N7O. The minimum absolute atomic E-state index is 0.0434. The van der Waals surface area contributed by atoms with Crippen LogP contribution in [0.4, 0.5) is 17.6 Å². The number of alkyl halides is 3. The van der Waals surface area contributed by atoms with Crippen LogP contribution in [0.2, 0.25) is 0 Å². The first-order valence-corrected chi connectivity index (χ1v) is 9.52. The van der Waals surface area contributed by atoms with Crippen LogP contribution in [0.1, 0.15) is 18.7 Å². The van der Waals surface area contributed by atoms with Crippen LogP contribution in [0, 0.1) is 0 Å². The van der Waals surface area contributed by atoms with Crippen molar-refractivity contribution in [2.75, 3.05) is 37.9 Å². The number of ether oxygens (including phenoxy) is 1. The van der Waals surface area contributed by atoms with Crippen molar-refractivity contribution in [3.8, 4) is 5.88 Å². The second kappa shape index (κ2) is 8.60. The number of piperidine rings is 1. The molecule has 2 N–H and O–H groups in total. The van der Waals surface area contributed by atoms with Crippen molar-refractivity contribution >= 4 is 52.4 Å². The third kappa shape index (κ3) is 5.68. The molecule has 2 aromatic heterocycles. The molecule has 3 rings (SSSR count). The molecule has 0 saturated carbocycles. The summed E-state index contributed by atoms with van der Waals surface area (Å²) in [7, 11) is 3.65. The Morgan fingerprint density at radius 3 is 2.41 bits per heavy atom. The third-order valence-corrected chi connectivity index (χ3v) is 4.65. The number of aromatic nitrogens is 4. The molecule has 0 aliphatic carbocycles. The first-order chi connectivity index (χ1) is 12.8. The predicted molar refractivity (Wildman–Crippen MR) is 107 cm³/mol. The maximum absolute atomic E-state index is 5.99. The lowest BCUT2D eigenvalue weighted by Crippen LogP contribution is -2.37. The van der Waals surface area contributed by atoms with Crippen LogP contribution < -0.4 is 15.4 Å². The van der Waals surface area contributed by atoms with Gasteiger partial charge in [0.25, 0.3) is 0 Å². The summed E-state index contributed by atoms with van der Waals surface area (Å²) in [5, 5.41) is 6.37. The highest BCUT2D eigenvalue weighted by atomic mass is 35.6. The Balaban J connectivity index is 1.81. The van der Waals surface area contributed by atoms with E-state index in [1.165, 1.54) is 0 Å². The summed E-state index contributed by atoms with van der Waals surface area (Å²) in [4.78, 5) is 19.3. The molecule has 8 nitrogen and oxygen atoms in total. The van der Waals surface area contributed by atoms with E-state index >= 15 is 0 Å². The standard InChI is InChI=1S/C16H20Cl3N7O/c1-26-7-5-10(6-8-26)21-14-23-13(16(17,18)19)24-15(25-14)22-11-3-4-12(27-2)20-9-11/h3-4,9-10H,5-8H2,1-2H3,(H2,21,22,23,24,25). The van der Waals surface area contributed by atoms with Gasteiger partial charge in [-0.1, -0.05) is 34.8 Å². The number of rotatable bonds is 5. The fraction of sp³-hybridized carbons (Fsp3) is 0.500. The van der Waals surface area contributed by atoms with E-state index in [1.807, 2.05) is 0 Å². The van der Waals surface area contributed by atoms with Gasteiger partial charge < -0.3 is 20.3 Å². The first kappa shape index (κ1) is 20.1. The fourth-order valence-electron chi connectivity index (χ4n) is 2.66. The third-order valence-electron chi connectivity index (χ3n) is 4.14. The summed E-state index contributed by atoms with van der Waals surface area (Å²) < 4.78 is 3.29. The fourth-order valence-corrected chi connectivity index (χ4v) is 2.92. The largest absolute Gasteiger partial charge is 0.481 e. The maximum Gasteiger partial charge on any atom is 0.250 e. The van der Waals surface area contributed by atoms with E-state index in [4.69, 9.17) is 39.5 Å². The summed E-state index contributed by atoms with van der Waals surface area (Å²) in [6.07, 6.45) is 3.56. The van der Waals surface area contributed by atoms with Crippen molar-refractivity contribution in [3.63, 3.8) is 0 Å². The summed E-state index contributed by atoms with van der Waals surface area (Å²) in [6, 6.07) is 3.76. The summed E-state index contributed by atoms with van der Waals surface area (Å²) in [5.41, 5.74) is 0.669. The van der Waals surface area contributed by atoms with Crippen LogP contribution in [0.5, 0.6) is 5.88 Å². The Bertz CT molecular complexity index is 762. The first-order valence-electron chi connectivity index (χ1n) is 8.39. The lowest BCUT2D eigenvalue weighted by molar-refractivity contribution is 0.263. The molecule has 0 unspecified atom stereocenters. The molecule has 11 heteroatoms. The molecule has 1 aliphatic rings. The van der Waals surface area contributed by atoms with Crippen molar-refractivity contribution in [3.05, 3.63) is 24.2 Å². The lowest BCUT2D eigenvalue weighted by atomic mass is 10.1. The van der Waals surface area contributed by atoms with Gasteiger partial charge in [-0.15, -0.1) is 0 Å². The number of pyridine rings is 1. The Labute approximate surface area is 172 Å². The van der Waals surface area contributed by atoms with Crippen molar-refractivity contribution in [2.45, 2.75) is 22.7 Å².